The topological polar surface area (TPSA) is 30.5 Å². The van der Waals surface area contributed by atoms with Crippen molar-refractivity contribution in [2.45, 2.75) is 34.6 Å². The van der Waals surface area contributed by atoms with E-state index < -0.39 is 0 Å². The van der Waals surface area contributed by atoms with Crippen LogP contribution in [0.1, 0.15) is 34.6 Å². The standard InChI is InChI=1S/C19H26N4/c1-12-13(2)15(4)19(5,14(12)3)16-11-21-18(23(16)7)10-17-20-8-9-22(17)6/h8-9,11,20-21H,1-7H3. The molecule has 0 saturated heterocycles. The Morgan fingerprint density at radius 2 is 1.57 bits per heavy atom. The monoisotopic (exact) mass is 310 g/mol. The van der Waals surface area contributed by atoms with Crippen LogP contribution in [0.15, 0.2) is 64.0 Å². The number of rotatable bonds is 1. The zero-order valence-electron chi connectivity index (χ0n) is 15.1. The summed E-state index contributed by atoms with van der Waals surface area (Å²) in [6.45, 7) is 11.3. The van der Waals surface area contributed by atoms with E-state index in [1.165, 1.54) is 28.0 Å². The summed E-state index contributed by atoms with van der Waals surface area (Å²) in [6, 6.07) is 0. The Morgan fingerprint density at radius 1 is 0.957 bits per heavy atom. The van der Waals surface area contributed by atoms with Gasteiger partial charge < -0.3 is 20.4 Å². The molecule has 3 aliphatic rings. The van der Waals surface area contributed by atoms with Crippen LogP contribution in [0.25, 0.3) is 0 Å². The molecule has 0 bridgehead atoms. The van der Waals surface area contributed by atoms with Gasteiger partial charge in [-0.05, 0) is 51.5 Å². The van der Waals surface area contributed by atoms with E-state index in [0.29, 0.717) is 0 Å². The summed E-state index contributed by atoms with van der Waals surface area (Å²) in [6.07, 6.45) is 6.01. The summed E-state index contributed by atoms with van der Waals surface area (Å²) in [5.74, 6) is 1.90. The molecule has 0 amide bonds. The largest absolute Gasteiger partial charge is 0.340 e. The zero-order chi connectivity index (χ0) is 16.9. The quantitative estimate of drug-likeness (QED) is 0.727. The minimum absolute atomic E-state index is 0.0583. The number of nitrogens with one attached hydrogen (secondary N) is 2. The first-order valence-electron chi connectivity index (χ1n) is 8.02. The molecule has 0 aromatic rings. The predicted octanol–water partition coefficient (Wildman–Crippen LogP) is 3.34. The number of nitrogens with zero attached hydrogens (tertiary/aromatic N) is 2. The summed E-state index contributed by atoms with van der Waals surface area (Å²) in [7, 11) is 4.11. The molecule has 0 fully saturated rings. The Hall–Kier alpha value is -2.32. The summed E-state index contributed by atoms with van der Waals surface area (Å²) in [4.78, 5) is 4.22. The molecule has 0 spiro atoms. The van der Waals surface area contributed by atoms with Crippen LogP contribution in [0.3, 0.4) is 0 Å². The molecule has 3 rings (SSSR count). The van der Waals surface area contributed by atoms with Crippen molar-refractivity contribution in [1.29, 1.82) is 0 Å². The van der Waals surface area contributed by atoms with Crippen molar-refractivity contribution in [2.24, 2.45) is 5.41 Å². The number of hydrogen-bond acceptors (Lipinski definition) is 4. The SMILES string of the molecule is CC1=C(C)C(C)(C2=CNC(=C=C3NC=CN3C)N2C)C(C)=C1C. The lowest BCUT2D eigenvalue weighted by molar-refractivity contribution is 0.409. The van der Waals surface area contributed by atoms with E-state index in [1.807, 2.05) is 24.3 Å². The molecule has 0 radical (unpaired) electrons. The third-order valence-electron chi connectivity index (χ3n) is 5.85. The minimum Gasteiger partial charge on any atom is -0.340 e. The van der Waals surface area contributed by atoms with Gasteiger partial charge in [0.15, 0.2) is 11.6 Å². The second-order valence-corrected chi connectivity index (χ2v) is 6.75. The Bertz CT molecular complexity index is 730. The van der Waals surface area contributed by atoms with Gasteiger partial charge >= 0.3 is 0 Å². The van der Waals surface area contributed by atoms with E-state index >= 15 is 0 Å². The molecule has 1 aliphatic carbocycles. The van der Waals surface area contributed by atoms with Crippen LogP contribution in [-0.4, -0.2) is 23.9 Å². The lowest BCUT2D eigenvalue weighted by Crippen LogP contribution is -2.29. The van der Waals surface area contributed by atoms with Crippen molar-refractivity contribution in [3.8, 4) is 0 Å². The molecule has 0 unspecified atom stereocenters. The van der Waals surface area contributed by atoms with Crippen molar-refractivity contribution in [3.05, 3.63) is 64.0 Å². The van der Waals surface area contributed by atoms with Crippen LogP contribution in [0.2, 0.25) is 0 Å². The fourth-order valence-corrected chi connectivity index (χ4v) is 3.67. The smallest absolute Gasteiger partial charge is 0.158 e. The van der Waals surface area contributed by atoms with Gasteiger partial charge in [-0.3, -0.25) is 0 Å². The van der Waals surface area contributed by atoms with Crippen LogP contribution in [0.4, 0.5) is 0 Å². The van der Waals surface area contributed by atoms with Gasteiger partial charge in [0.2, 0.25) is 0 Å². The zero-order valence-corrected chi connectivity index (χ0v) is 15.1. The number of allylic oxidation sites excluding steroid dienone is 3. The molecular formula is C19H26N4. The molecule has 2 aliphatic heterocycles. The van der Waals surface area contributed by atoms with Crippen molar-refractivity contribution >= 4 is 0 Å². The highest BCUT2D eigenvalue weighted by atomic mass is 15.3. The van der Waals surface area contributed by atoms with Gasteiger partial charge in [0.05, 0.1) is 5.41 Å². The maximum absolute atomic E-state index is 3.42. The summed E-state index contributed by atoms with van der Waals surface area (Å²) >= 11 is 0. The highest BCUT2D eigenvalue weighted by Gasteiger charge is 2.43. The third kappa shape index (κ3) is 2.06. The Labute approximate surface area is 139 Å². The van der Waals surface area contributed by atoms with E-state index in [9.17, 15) is 0 Å². The molecule has 0 aromatic heterocycles. The molecule has 122 valence electrons. The van der Waals surface area contributed by atoms with E-state index in [1.54, 1.807) is 0 Å². The molecule has 0 atom stereocenters. The van der Waals surface area contributed by atoms with Crippen molar-refractivity contribution < 1.29 is 0 Å². The van der Waals surface area contributed by atoms with E-state index in [2.05, 4.69) is 69.1 Å². The van der Waals surface area contributed by atoms with Crippen LogP contribution in [-0.2, 0) is 0 Å². The van der Waals surface area contributed by atoms with E-state index in [-0.39, 0.29) is 5.41 Å². The molecule has 23 heavy (non-hydrogen) atoms. The average Bonchev–Trinajstić information content (AvgIpc) is 3.14. The lowest BCUT2D eigenvalue weighted by atomic mass is 9.76. The van der Waals surface area contributed by atoms with Crippen LogP contribution >= 0.6 is 0 Å². The van der Waals surface area contributed by atoms with Crippen molar-refractivity contribution in [1.82, 2.24) is 20.4 Å². The molecular weight excluding hydrogens is 284 g/mol. The van der Waals surface area contributed by atoms with Gasteiger partial charge in [0.1, 0.15) is 0 Å². The summed E-state index contributed by atoms with van der Waals surface area (Å²) in [5, 5.41) is 6.59. The Kier molecular flexibility index (Phi) is 3.46. The van der Waals surface area contributed by atoms with Crippen LogP contribution in [0.5, 0.6) is 0 Å². The van der Waals surface area contributed by atoms with Gasteiger partial charge in [0, 0.05) is 38.4 Å². The van der Waals surface area contributed by atoms with Gasteiger partial charge in [-0.25, -0.2) is 0 Å². The van der Waals surface area contributed by atoms with Crippen LogP contribution in [0, 0.1) is 5.41 Å². The second kappa shape index (κ2) is 5.10. The van der Waals surface area contributed by atoms with E-state index in [4.69, 9.17) is 0 Å². The predicted molar refractivity (Wildman–Crippen MR) is 94.4 cm³/mol. The molecule has 4 heteroatoms. The highest BCUT2D eigenvalue weighted by molar-refractivity contribution is 5.56. The van der Waals surface area contributed by atoms with Gasteiger partial charge in [-0.2, -0.15) is 0 Å². The second-order valence-electron chi connectivity index (χ2n) is 6.75. The maximum atomic E-state index is 3.42. The fraction of sp³-hybridized carbons (Fsp3) is 0.421. The first kappa shape index (κ1) is 15.6. The summed E-state index contributed by atoms with van der Waals surface area (Å²) < 4.78 is 0. The lowest BCUT2D eigenvalue weighted by Gasteiger charge is -2.34. The Balaban J connectivity index is 2.00. The maximum Gasteiger partial charge on any atom is 0.158 e. The summed E-state index contributed by atoms with van der Waals surface area (Å²) in [5.41, 5.74) is 10.3. The van der Waals surface area contributed by atoms with Crippen molar-refractivity contribution in [3.63, 3.8) is 0 Å². The van der Waals surface area contributed by atoms with Crippen molar-refractivity contribution in [2.75, 3.05) is 14.1 Å². The van der Waals surface area contributed by atoms with Gasteiger partial charge in [-0.1, -0.05) is 11.1 Å². The van der Waals surface area contributed by atoms with Gasteiger partial charge in [-0.15, -0.1) is 0 Å². The fourth-order valence-electron chi connectivity index (χ4n) is 3.67. The highest BCUT2D eigenvalue weighted by Crippen LogP contribution is 2.52. The first-order valence-corrected chi connectivity index (χ1v) is 8.02. The minimum atomic E-state index is -0.0583. The third-order valence-corrected chi connectivity index (χ3v) is 5.85. The molecule has 2 heterocycles. The van der Waals surface area contributed by atoms with Crippen LogP contribution < -0.4 is 10.6 Å². The first-order chi connectivity index (χ1) is 10.8. The molecule has 4 nitrogen and oxygen atoms in total. The molecule has 2 N–H and O–H groups in total. The number of hydrogen-bond donors (Lipinski definition) is 2. The van der Waals surface area contributed by atoms with Gasteiger partial charge in [0.25, 0.3) is 0 Å². The average molecular weight is 310 g/mol. The molecule has 0 saturated carbocycles. The van der Waals surface area contributed by atoms with E-state index in [0.717, 1.165) is 11.6 Å². The molecule has 0 aromatic carbocycles. The Morgan fingerprint density at radius 3 is 2.09 bits per heavy atom. The normalized spacial score (nSPS) is 22.8.